The van der Waals surface area contributed by atoms with Gasteiger partial charge in [0.2, 0.25) is 0 Å². The maximum absolute atomic E-state index is 12.3. The van der Waals surface area contributed by atoms with Gasteiger partial charge in [0, 0.05) is 34.4 Å². The molecule has 1 amide bonds. The molecular formula is C17H16Cl2N2O. The molecule has 0 aliphatic carbocycles. The summed E-state index contributed by atoms with van der Waals surface area (Å²) >= 11 is 12.0. The molecule has 1 heterocycles. The zero-order valence-corrected chi connectivity index (χ0v) is 13.5. The first-order chi connectivity index (χ1) is 10.6. The molecule has 0 unspecified atom stereocenters. The number of anilines is 1. The first-order valence-electron chi connectivity index (χ1n) is 7.22. The van der Waals surface area contributed by atoms with Gasteiger partial charge in [0.25, 0.3) is 5.91 Å². The number of hydrogen-bond acceptors (Lipinski definition) is 2. The van der Waals surface area contributed by atoms with Crippen LogP contribution in [-0.2, 0) is 13.0 Å². The van der Waals surface area contributed by atoms with Crippen LogP contribution in [0.3, 0.4) is 0 Å². The summed E-state index contributed by atoms with van der Waals surface area (Å²) in [5, 5.41) is 7.38. The zero-order chi connectivity index (χ0) is 15.5. The smallest absolute Gasteiger partial charge is 0.251 e. The topological polar surface area (TPSA) is 41.1 Å². The fraction of sp³-hybridized carbons (Fsp3) is 0.235. The molecule has 0 fully saturated rings. The van der Waals surface area contributed by atoms with E-state index in [2.05, 4.69) is 10.6 Å². The maximum Gasteiger partial charge on any atom is 0.251 e. The van der Waals surface area contributed by atoms with E-state index in [4.69, 9.17) is 23.2 Å². The van der Waals surface area contributed by atoms with Crippen LogP contribution in [0.25, 0.3) is 0 Å². The van der Waals surface area contributed by atoms with Gasteiger partial charge in [-0.05, 0) is 54.3 Å². The van der Waals surface area contributed by atoms with Crippen molar-refractivity contribution in [1.29, 1.82) is 0 Å². The molecule has 0 atom stereocenters. The van der Waals surface area contributed by atoms with E-state index in [1.54, 1.807) is 12.1 Å². The van der Waals surface area contributed by atoms with Crippen molar-refractivity contribution in [2.75, 3.05) is 11.9 Å². The molecule has 1 aliphatic heterocycles. The van der Waals surface area contributed by atoms with Crippen LogP contribution in [0.4, 0.5) is 5.69 Å². The summed E-state index contributed by atoms with van der Waals surface area (Å²) in [7, 11) is 0. The second kappa shape index (κ2) is 6.59. The normalized spacial score (nSPS) is 13.2. The summed E-state index contributed by atoms with van der Waals surface area (Å²) in [6, 6.07) is 11.0. The molecule has 0 saturated heterocycles. The summed E-state index contributed by atoms with van der Waals surface area (Å²) in [4.78, 5) is 12.3. The fourth-order valence-electron chi connectivity index (χ4n) is 2.56. The van der Waals surface area contributed by atoms with Gasteiger partial charge >= 0.3 is 0 Å². The zero-order valence-electron chi connectivity index (χ0n) is 12.0. The molecule has 0 bridgehead atoms. The molecule has 0 saturated carbocycles. The van der Waals surface area contributed by atoms with Crippen LogP contribution in [0.5, 0.6) is 0 Å². The van der Waals surface area contributed by atoms with Crippen molar-refractivity contribution in [2.24, 2.45) is 0 Å². The SMILES string of the molecule is O=C(NCc1ccc(Cl)cc1Cl)c1ccc2c(c1)CCCN2. The number of fused-ring (bicyclic) bond motifs is 1. The Kier molecular flexibility index (Phi) is 4.55. The number of nitrogens with one attached hydrogen (secondary N) is 2. The van der Waals surface area contributed by atoms with Gasteiger partial charge < -0.3 is 10.6 Å². The molecule has 2 N–H and O–H groups in total. The van der Waals surface area contributed by atoms with E-state index in [0.717, 1.165) is 30.6 Å². The molecule has 0 spiro atoms. The lowest BCUT2D eigenvalue weighted by molar-refractivity contribution is 0.0951. The molecule has 1 aliphatic rings. The van der Waals surface area contributed by atoms with Gasteiger partial charge in [-0.2, -0.15) is 0 Å². The number of carbonyl (C=O) groups is 1. The van der Waals surface area contributed by atoms with Crippen LogP contribution in [0.1, 0.15) is 27.9 Å². The van der Waals surface area contributed by atoms with Crippen molar-refractivity contribution >= 4 is 34.8 Å². The lowest BCUT2D eigenvalue weighted by Crippen LogP contribution is -2.23. The lowest BCUT2D eigenvalue weighted by Gasteiger charge is -2.18. The largest absolute Gasteiger partial charge is 0.385 e. The second-order valence-electron chi connectivity index (χ2n) is 5.32. The summed E-state index contributed by atoms with van der Waals surface area (Å²) in [5.74, 6) is -0.0978. The number of amides is 1. The van der Waals surface area contributed by atoms with E-state index in [1.807, 2.05) is 24.3 Å². The maximum atomic E-state index is 12.3. The number of rotatable bonds is 3. The van der Waals surface area contributed by atoms with Crippen molar-refractivity contribution in [3.63, 3.8) is 0 Å². The molecule has 0 aromatic heterocycles. The van der Waals surface area contributed by atoms with E-state index in [1.165, 1.54) is 5.56 Å². The Morgan fingerprint density at radius 1 is 1.18 bits per heavy atom. The monoisotopic (exact) mass is 334 g/mol. The number of halogens is 2. The van der Waals surface area contributed by atoms with Crippen LogP contribution >= 0.6 is 23.2 Å². The van der Waals surface area contributed by atoms with E-state index in [0.29, 0.717) is 22.2 Å². The quantitative estimate of drug-likeness (QED) is 0.879. The third-order valence-corrected chi connectivity index (χ3v) is 4.35. The van der Waals surface area contributed by atoms with Gasteiger partial charge in [-0.25, -0.2) is 0 Å². The van der Waals surface area contributed by atoms with E-state index in [-0.39, 0.29) is 5.91 Å². The van der Waals surface area contributed by atoms with Crippen molar-refractivity contribution in [1.82, 2.24) is 5.32 Å². The first-order valence-corrected chi connectivity index (χ1v) is 7.98. The summed E-state index contributed by atoms with van der Waals surface area (Å²) in [5.41, 5.74) is 3.85. The van der Waals surface area contributed by atoms with Crippen molar-refractivity contribution in [3.8, 4) is 0 Å². The second-order valence-corrected chi connectivity index (χ2v) is 6.16. The standard InChI is InChI=1S/C17H16Cl2N2O/c18-14-5-3-13(15(19)9-14)10-21-17(22)12-4-6-16-11(8-12)2-1-7-20-16/h3-6,8-9,20H,1-2,7,10H2,(H,21,22). The molecule has 5 heteroatoms. The lowest BCUT2D eigenvalue weighted by atomic mass is 10.0. The summed E-state index contributed by atoms with van der Waals surface area (Å²) in [6.45, 7) is 1.37. The minimum Gasteiger partial charge on any atom is -0.385 e. The van der Waals surface area contributed by atoms with Crippen molar-refractivity contribution in [2.45, 2.75) is 19.4 Å². The van der Waals surface area contributed by atoms with Gasteiger partial charge in [-0.15, -0.1) is 0 Å². The van der Waals surface area contributed by atoms with Crippen molar-refractivity contribution in [3.05, 3.63) is 63.1 Å². The molecule has 114 valence electrons. The van der Waals surface area contributed by atoms with Gasteiger partial charge in [0.1, 0.15) is 0 Å². The van der Waals surface area contributed by atoms with Crippen LogP contribution in [-0.4, -0.2) is 12.5 Å². The Labute approximate surface area is 139 Å². The van der Waals surface area contributed by atoms with E-state index in [9.17, 15) is 4.79 Å². The molecule has 22 heavy (non-hydrogen) atoms. The van der Waals surface area contributed by atoms with Gasteiger partial charge in [-0.1, -0.05) is 29.3 Å². The predicted octanol–water partition coefficient (Wildman–Crippen LogP) is 4.28. The van der Waals surface area contributed by atoms with E-state index < -0.39 is 0 Å². The molecule has 0 radical (unpaired) electrons. The van der Waals surface area contributed by atoms with Crippen LogP contribution in [0.15, 0.2) is 36.4 Å². The highest BCUT2D eigenvalue weighted by atomic mass is 35.5. The number of carbonyl (C=O) groups excluding carboxylic acids is 1. The number of benzene rings is 2. The summed E-state index contributed by atoms with van der Waals surface area (Å²) < 4.78 is 0. The van der Waals surface area contributed by atoms with Crippen molar-refractivity contribution < 1.29 is 4.79 Å². The molecule has 3 rings (SSSR count). The fourth-order valence-corrected chi connectivity index (χ4v) is 3.03. The summed E-state index contributed by atoms with van der Waals surface area (Å²) in [6.07, 6.45) is 2.10. The predicted molar refractivity (Wildman–Crippen MR) is 90.9 cm³/mol. The van der Waals surface area contributed by atoms with Crippen LogP contribution in [0.2, 0.25) is 10.0 Å². The number of hydrogen-bond donors (Lipinski definition) is 2. The highest BCUT2D eigenvalue weighted by molar-refractivity contribution is 6.35. The Morgan fingerprint density at radius 3 is 2.86 bits per heavy atom. The third kappa shape index (κ3) is 3.37. The molecule has 3 nitrogen and oxygen atoms in total. The number of aryl methyl sites for hydroxylation is 1. The van der Waals surface area contributed by atoms with Gasteiger partial charge in [0.05, 0.1) is 0 Å². The van der Waals surface area contributed by atoms with Gasteiger partial charge in [0.15, 0.2) is 0 Å². The van der Waals surface area contributed by atoms with E-state index >= 15 is 0 Å². The Balaban J connectivity index is 1.69. The molecular weight excluding hydrogens is 319 g/mol. The van der Waals surface area contributed by atoms with Gasteiger partial charge in [-0.3, -0.25) is 4.79 Å². The highest BCUT2D eigenvalue weighted by Gasteiger charge is 2.12. The molecule has 2 aromatic carbocycles. The highest BCUT2D eigenvalue weighted by Crippen LogP contribution is 2.23. The first kappa shape index (κ1) is 15.2. The third-order valence-electron chi connectivity index (χ3n) is 3.76. The molecule has 2 aromatic rings. The Bertz CT molecular complexity index is 716. The Morgan fingerprint density at radius 2 is 2.05 bits per heavy atom. The van der Waals surface area contributed by atoms with Crippen LogP contribution < -0.4 is 10.6 Å². The van der Waals surface area contributed by atoms with Crippen LogP contribution in [0, 0.1) is 0 Å². The minimum atomic E-state index is -0.0978. The average molecular weight is 335 g/mol. The Hall–Kier alpha value is -1.71. The minimum absolute atomic E-state index is 0.0978. The average Bonchev–Trinajstić information content (AvgIpc) is 2.53.